The number of anilines is 2. The van der Waals surface area contributed by atoms with E-state index in [1.165, 1.54) is 6.92 Å². The first-order valence-electron chi connectivity index (χ1n) is 11.5. The SMILES string of the molecule is CC(O)C(=O)N1CCN(Cc2cc3c(N4CCOCC4)nc(-c4cnc(N)nc4)nn3c2)CC1. The fraction of sp³-hybridized carbons (Fsp3) is 0.500. The Labute approximate surface area is 197 Å². The molecule has 180 valence electrons. The lowest BCUT2D eigenvalue weighted by atomic mass is 10.2. The lowest BCUT2D eigenvalue weighted by Crippen LogP contribution is -2.50. The number of aromatic nitrogens is 5. The van der Waals surface area contributed by atoms with Gasteiger partial charge in [0.05, 0.1) is 18.8 Å². The number of amides is 1. The van der Waals surface area contributed by atoms with Crippen LogP contribution in [0.1, 0.15) is 12.5 Å². The first kappa shape index (κ1) is 22.4. The third-order valence-corrected chi connectivity index (χ3v) is 6.19. The highest BCUT2D eigenvalue weighted by molar-refractivity contribution is 5.80. The average molecular weight is 468 g/mol. The average Bonchev–Trinajstić information content (AvgIpc) is 3.26. The van der Waals surface area contributed by atoms with Crippen molar-refractivity contribution < 1.29 is 14.6 Å². The predicted molar refractivity (Wildman–Crippen MR) is 125 cm³/mol. The van der Waals surface area contributed by atoms with Crippen molar-refractivity contribution in [3.8, 4) is 11.4 Å². The van der Waals surface area contributed by atoms with Crippen molar-refractivity contribution in [2.45, 2.75) is 19.6 Å². The molecule has 3 aromatic heterocycles. The Morgan fingerprint density at radius 2 is 1.85 bits per heavy atom. The number of aliphatic hydroxyl groups excluding tert-OH is 1. The van der Waals surface area contributed by atoms with Crippen molar-refractivity contribution in [1.82, 2.24) is 34.4 Å². The third-order valence-electron chi connectivity index (χ3n) is 6.19. The van der Waals surface area contributed by atoms with E-state index < -0.39 is 6.10 Å². The zero-order chi connectivity index (χ0) is 23.7. The molecule has 12 heteroatoms. The quantitative estimate of drug-likeness (QED) is 0.511. The normalized spacial score (nSPS) is 18.4. The minimum absolute atomic E-state index is 0.205. The van der Waals surface area contributed by atoms with Crippen LogP contribution in [0, 0.1) is 0 Å². The molecule has 34 heavy (non-hydrogen) atoms. The number of hydrogen-bond donors (Lipinski definition) is 2. The van der Waals surface area contributed by atoms with Crippen LogP contribution in [0.5, 0.6) is 0 Å². The summed E-state index contributed by atoms with van der Waals surface area (Å²) in [6.07, 6.45) is 4.33. The van der Waals surface area contributed by atoms with Crippen LogP contribution in [0.2, 0.25) is 0 Å². The second-order valence-corrected chi connectivity index (χ2v) is 8.64. The van der Waals surface area contributed by atoms with E-state index in [9.17, 15) is 9.90 Å². The molecular weight excluding hydrogens is 438 g/mol. The van der Waals surface area contributed by atoms with Gasteiger partial charge in [0.15, 0.2) is 11.6 Å². The van der Waals surface area contributed by atoms with Crippen LogP contribution in [0.3, 0.4) is 0 Å². The smallest absolute Gasteiger partial charge is 0.251 e. The standard InChI is InChI=1S/C22H29N9O3/c1-15(32)21(33)30-4-2-28(3-5-30)13-16-10-18-20(29-6-8-34-9-7-29)26-19(27-31(18)14-16)17-11-24-22(23)25-12-17/h10-12,14-15,32H,2-9,13H2,1H3,(H2,23,24,25). The van der Waals surface area contributed by atoms with Crippen molar-refractivity contribution in [2.24, 2.45) is 0 Å². The van der Waals surface area contributed by atoms with E-state index in [0.717, 1.165) is 49.6 Å². The number of carbonyl (C=O) groups is 1. The molecule has 1 unspecified atom stereocenters. The van der Waals surface area contributed by atoms with Crippen LogP contribution in [0.25, 0.3) is 16.9 Å². The summed E-state index contributed by atoms with van der Waals surface area (Å²) in [6.45, 7) is 7.78. The zero-order valence-corrected chi connectivity index (χ0v) is 19.2. The maximum Gasteiger partial charge on any atom is 0.251 e. The molecule has 1 atom stereocenters. The Kier molecular flexibility index (Phi) is 6.26. The van der Waals surface area contributed by atoms with Crippen molar-refractivity contribution >= 4 is 23.2 Å². The summed E-state index contributed by atoms with van der Waals surface area (Å²) in [7, 11) is 0. The largest absolute Gasteiger partial charge is 0.384 e. The molecule has 0 bridgehead atoms. The van der Waals surface area contributed by atoms with Gasteiger partial charge in [-0.05, 0) is 18.6 Å². The van der Waals surface area contributed by atoms with E-state index in [1.54, 1.807) is 17.3 Å². The highest BCUT2D eigenvalue weighted by Gasteiger charge is 2.25. The molecule has 2 aliphatic rings. The lowest BCUT2D eigenvalue weighted by molar-refractivity contribution is -0.141. The maximum absolute atomic E-state index is 12.0. The molecule has 0 saturated carbocycles. The highest BCUT2D eigenvalue weighted by Crippen LogP contribution is 2.26. The Bertz CT molecular complexity index is 1150. The fourth-order valence-corrected chi connectivity index (χ4v) is 4.36. The fourth-order valence-electron chi connectivity index (χ4n) is 4.36. The van der Waals surface area contributed by atoms with Crippen molar-refractivity contribution in [3.63, 3.8) is 0 Å². The molecule has 3 N–H and O–H groups in total. The number of rotatable bonds is 5. The summed E-state index contributed by atoms with van der Waals surface area (Å²) < 4.78 is 7.40. The number of nitrogens with zero attached hydrogens (tertiary/aromatic N) is 8. The van der Waals surface area contributed by atoms with Gasteiger partial charge >= 0.3 is 0 Å². The first-order chi connectivity index (χ1) is 16.5. The number of fused-ring (bicyclic) bond motifs is 1. The van der Waals surface area contributed by atoms with Crippen LogP contribution in [0.15, 0.2) is 24.7 Å². The molecule has 12 nitrogen and oxygen atoms in total. The lowest BCUT2D eigenvalue weighted by Gasteiger charge is -2.35. The number of carbonyl (C=O) groups excluding carboxylic acids is 1. The van der Waals surface area contributed by atoms with Gasteiger partial charge in [-0.1, -0.05) is 0 Å². The first-order valence-corrected chi connectivity index (χ1v) is 11.5. The van der Waals surface area contributed by atoms with Gasteiger partial charge in [-0.2, -0.15) is 0 Å². The van der Waals surface area contributed by atoms with E-state index >= 15 is 0 Å². The number of ether oxygens (including phenoxy) is 1. The number of nitrogens with two attached hydrogens (primary N) is 1. The highest BCUT2D eigenvalue weighted by atomic mass is 16.5. The van der Waals surface area contributed by atoms with Crippen LogP contribution >= 0.6 is 0 Å². The maximum atomic E-state index is 12.0. The van der Waals surface area contributed by atoms with Crippen LogP contribution in [0.4, 0.5) is 11.8 Å². The van der Waals surface area contributed by atoms with Gasteiger partial charge in [0.1, 0.15) is 11.6 Å². The van der Waals surface area contributed by atoms with Gasteiger partial charge < -0.3 is 25.4 Å². The van der Waals surface area contributed by atoms with Crippen LogP contribution < -0.4 is 10.6 Å². The molecule has 3 aromatic rings. The summed E-state index contributed by atoms with van der Waals surface area (Å²) in [5.74, 6) is 1.38. The van der Waals surface area contributed by atoms with Crippen LogP contribution in [-0.4, -0.2) is 104 Å². The van der Waals surface area contributed by atoms with Gasteiger partial charge in [-0.25, -0.2) is 19.5 Å². The molecule has 2 fully saturated rings. The second-order valence-electron chi connectivity index (χ2n) is 8.64. The minimum Gasteiger partial charge on any atom is -0.384 e. The Balaban J connectivity index is 1.41. The van der Waals surface area contributed by atoms with E-state index in [4.69, 9.17) is 20.6 Å². The van der Waals surface area contributed by atoms with Gasteiger partial charge in [0.25, 0.3) is 5.91 Å². The summed E-state index contributed by atoms with van der Waals surface area (Å²) >= 11 is 0. The van der Waals surface area contributed by atoms with Gasteiger partial charge in [-0.15, -0.1) is 5.10 Å². The third kappa shape index (κ3) is 4.65. The number of hydrogen-bond acceptors (Lipinski definition) is 10. The predicted octanol–water partition coefficient (Wildman–Crippen LogP) is -0.370. The molecular formula is C22H29N9O3. The Morgan fingerprint density at radius 1 is 1.15 bits per heavy atom. The monoisotopic (exact) mass is 467 g/mol. The molecule has 0 aliphatic carbocycles. The molecule has 5 rings (SSSR count). The molecule has 0 spiro atoms. The summed E-state index contributed by atoms with van der Waals surface area (Å²) in [5, 5.41) is 14.3. The van der Waals surface area contributed by atoms with Crippen molar-refractivity contribution in [3.05, 3.63) is 30.2 Å². The number of piperazine rings is 1. The minimum atomic E-state index is -0.957. The van der Waals surface area contributed by atoms with E-state index in [0.29, 0.717) is 37.7 Å². The molecule has 2 saturated heterocycles. The van der Waals surface area contributed by atoms with Crippen molar-refractivity contribution in [1.29, 1.82) is 0 Å². The van der Waals surface area contributed by atoms with Gasteiger partial charge in [-0.3, -0.25) is 9.69 Å². The summed E-state index contributed by atoms with van der Waals surface area (Å²) in [5.41, 5.74) is 8.39. The Hall–Kier alpha value is -3.35. The molecule has 2 aliphatic heterocycles. The van der Waals surface area contributed by atoms with Gasteiger partial charge in [0, 0.05) is 64.4 Å². The number of nitrogen functional groups attached to an aromatic ring is 1. The number of aliphatic hydroxyl groups is 1. The number of morpholine rings is 1. The summed E-state index contributed by atoms with van der Waals surface area (Å²) in [6, 6.07) is 2.13. The van der Waals surface area contributed by atoms with E-state index in [2.05, 4.69) is 25.8 Å². The molecule has 0 aromatic carbocycles. The van der Waals surface area contributed by atoms with E-state index in [-0.39, 0.29) is 11.9 Å². The molecule has 1 amide bonds. The molecule has 5 heterocycles. The van der Waals surface area contributed by atoms with Crippen molar-refractivity contribution in [2.75, 3.05) is 63.1 Å². The second kappa shape index (κ2) is 9.49. The zero-order valence-electron chi connectivity index (χ0n) is 19.2. The van der Waals surface area contributed by atoms with Crippen LogP contribution in [-0.2, 0) is 16.1 Å². The summed E-state index contributed by atoms with van der Waals surface area (Å²) in [4.78, 5) is 31.3. The molecule has 0 radical (unpaired) electrons. The Morgan fingerprint density at radius 3 is 2.53 bits per heavy atom. The van der Waals surface area contributed by atoms with Gasteiger partial charge in [0.2, 0.25) is 5.95 Å². The topological polar surface area (TPSA) is 138 Å². The van der Waals surface area contributed by atoms with E-state index in [1.807, 2.05) is 10.7 Å².